The molecule has 0 amide bonds. The zero-order valence-electron chi connectivity index (χ0n) is 13.0. The fourth-order valence-corrected chi connectivity index (χ4v) is 3.56. The molecule has 5 nitrogen and oxygen atoms in total. The number of ether oxygens (including phenoxy) is 2. The number of rotatable bonds is 4. The molecule has 0 bridgehead atoms. The third-order valence-electron chi connectivity index (χ3n) is 4.69. The van der Waals surface area contributed by atoms with Gasteiger partial charge >= 0.3 is 0 Å². The number of anilines is 1. The van der Waals surface area contributed by atoms with E-state index < -0.39 is 0 Å². The number of aromatic nitrogens is 2. The monoisotopic (exact) mass is 291 g/mol. The van der Waals surface area contributed by atoms with Crippen molar-refractivity contribution in [3.05, 3.63) is 17.8 Å². The maximum absolute atomic E-state index is 6.04. The highest BCUT2D eigenvalue weighted by Gasteiger charge is 2.46. The minimum Gasteiger partial charge on any atom is -0.381 e. The number of hydrogen-bond donors (Lipinski definition) is 0. The van der Waals surface area contributed by atoms with Gasteiger partial charge in [-0.1, -0.05) is 0 Å². The molecule has 2 aliphatic heterocycles. The largest absolute Gasteiger partial charge is 0.381 e. The van der Waals surface area contributed by atoms with Gasteiger partial charge in [-0.2, -0.15) is 5.10 Å². The molecule has 0 N–H and O–H groups in total. The van der Waals surface area contributed by atoms with Crippen molar-refractivity contribution in [3.8, 4) is 0 Å². The minimum absolute atomic E-state index is 0.110. The lowest BCUT2D eigenvalue weighted by molar-refractivity contribution is -0.124. The standard InChI is InChI=1S/C16H25N3O2/c1-3-20-12-16-8-4-10-21-14(16)7-9-19(11-16)15-6-5-13(2)17-18-15/h5-6,14H,3-4,7-12H2,1-2H3/t14-,16-/m1/s1. The number of hydrogen-bond acceptors (Lipinski definition) is 5. The predicted molar refractivity (Wildman–Crippen MR) is 81.5 cm³/mol. The molecule has 1 aromatic heterocycles. The molecule has 1 aromatic rings. The van der Waals surface area contributed by atoms with Gasteiger partial charge in [0.15, 0.2) is 5.82 Å². The van der Waals surface area contributed by atoms with E-state index in [0.29, 0.717) is 6.10 Å². The molecular formula is C16H25N3O2. The summed E-state index contributed by atoms with van der Waals surface area (Å²) in [5, 5.41) is 8.53. The number of fused-ring (bicyclic) bond motifs is 1. The van der Waals surface area contributed by atoms with Crippen molar-refractivity contribution in [2.45, 2.75) is 39.2 Å². The van der Waals surface area contributed by atoms with Gasteiger partial charge in [0.2, 0.25) is 0 Å². The maximum Gasteiger partial charge on any atom is 0.151 e. The van der Waals surface area contributed by atoms with Gasteiger partial charge in [-0.25, -0.2) is 0 Å². The van der Waals surface area contributed by atoms with Crippen LogP contribution < -0.4 is 4.90 Å². The van der Waals surface area contributed by atoms with E-state index in [1.54, 1.807) is 0 Å². The second-order valence-electron chi connectivity index (χ2n) is 6.21. The quantitative estimate of drug-likeness (QED) is 0.851. The molecule has 0 aromatic carbocycles. The summed E-state index contributed by atoms with van der Waals surface area (Å²) < 4.78 is 11.8. The first-order valence-corrected chi connectivity index (χ1v) is 7.98. The highest BCUT2D eigenvalue weighted by Crippen LogP contribution is 2.41. The van der Waals surface area contributed by atoms with Gasteiger partial charge in [-0.3, -0.25) is 0 Å². The molecule has 2 fully saturated rings. The van der Waals surface area contributed by atoms with Crippen molar-refractivity contribution >= 4 is 5.82 Å². The van der Waals surface area contributed by atoms with Crippen molar-refractivity contribution in [3.63, 3.8) is 0 Å². The molecule has 3 heterocycles. The van der Waals surface area contributed by atoms with Crippen LogP contribution in [-0.4, -0.2) is 49.2 Å². The number of piperidine rings is 1. The van der Waals surface area contributed by atoms with E-state index in [9.17, 15) is 0 Å². The Bertz CT molecular complexity index is 465. The van der Waals surface area contributed by atoms with Crippen molar-refractivity contribution in [1.82, 2.24) is 10.2 Å². The highest BCUT2D eigenvalue weighted by molar-refractivity contribution is 5.39. The minimum atomic E-state index is 0.110. The Balaban J connectivity index is 1.78. The van der Waals surface area contributed by atoms with Crippen molar-refractivity contribution in [2.75, 3.05) is 37.8 Å². The van der Waals surface area contributed by atoms with Crippen LogP contribution in [0.25, 0.3) is 0 Å². The molecule has 2 aliphatic rings. The van der Waals surface area contributed by atoms with E-state index in [0.717, 1.165) is 57.3 Å². The Morgan fingerprint density at radius 1 is 1.43 bits per heavy atom. The van der Waals surface area contributed by atoms with Crippen LogP contribution in [0.3, 0.4) is 0 Å². The van der Waals surface area contributed by atoms with Gasteiger partial charge in [0.25, 0.3) is 0 Å². The van der Waals surface area contributed by atoms with Crippen LogP contribution in [-0.2, 0) is 9.47 Å². The lowest BCUT2D eigenvalue weighted by Gasteiger charge is -2.50. The normalized spacial score (nSPS) is 29.2. The fraction of sp³-hybridized carbons (Fsp3) is 0.750. The SMILES string of the molecule is CCOC[C@]12CCCO[C@@H]1CCN(c1ccc(C)nn1)C2. The van der Waals surface area contributed by atoms with Gasteiger partial charge < -0.3 is 14.4 Å². The number of aryl methyl sites for hydroxylation is 1. The van der Waals surface area contributed by atoms with E-state index in [4.69, 9.17) is 9.47 Å². The molecule has 0 spiro atoms. The summed E-state index contributed by atoms with van der Waals surface area (Å²) in [4.78, 5) is 2.34. The Morgan fingerprint density at radius 3 is 3.10 bits per heavy atom. The highest BCUT2D eigenvalue weighted by atomic mass is 16.5. The topological polar surface area (TPSA) is 47.5 Å². The van der Waals surface area contributed by atoms with Crippen molar-refractivity contribution < 1.29 is 9.47 Å². The molecule has 21 heavy (non-hydrogen) atoms. The van der Waals surface area contributed by atoms with Gasteiger partial charge in [-0.05, 0) is 45.2 Å². The van der Waals surface area contributed by atoms with Gasteiger partial charge in [0.05, 0.1) is 18.4 Å². The van der Waals surface area contributed by atoms with Crippen LogP contribution in [0, 0.1) is 12.3 Å². The van der Waals surface area contributed by atoms with E-state index in [-0.39, 0.29) is 5.41 Å². The molecular weight excluding hydrogens is 266 g/mol. The van der Waals surface area contributed by atoms with Crippen LogP contribution in [0.1, 0.15) is 31.9 Å². The molecule has 5 heteroatoms. The molecule has 0 aliphatic carbocycles. The summed E-state index contributed by atoms with van der Waals surface area (Å²) in [6, 6.07) is 4.10. The Kier molecular flexibility index (Phi) is 4.40. The fourth-order valence-electron chi connectivity index (χ4n) is 3.56. The molecule has 2 atom stereocenters. The lowest BCUT2D eigenvalue weighted by Crippen LogP contribution is -2.57. The second-order valence-corrected chi connectivity index (χ2v) is 6.21. The third kappa shape index (κ3) is 3.04. The van der Waals surface area contributed by atoms with Crippen molar-refractivity contribution in [2.24, 2.45) is 5.41 Å². The first kappa shape index (κ1) is 14.7. The van der Waals surface area contributed by atoms with E-state index >= 15 is 0 Å². The van der Waals surface area contributed by atoms with Crippen LogP contribution in [0.2, 0.25) is 0 Å². The molecule has 2 saturated heterocycles. The summed E-state index contributed by atoms with van der Waals surface area (Å²) in [6.45, 7) is 8.40. The second kappa shape index (κ2) is 6.28. The molecule has 0 radical (unpaired) electrons. The van der Waals surface area contributed by atoms with Crippen LogP contribution in [0.4, 0.5) is 5.82 Å². The molecule has 116 valence electrons. The first-order valence-electron chi connectivity index (χ1n) is 7.98. The Labute approximate surface area is 126 Å². The van der Waals surface area contributed by atoms with Gasteiger partial charge in [0.1, 0.15) is 0 Å². The van der Waals surface area contributed by atoms with Crippen LogP contribution in [0.15, 0.2) is 12.1 Å². The summed E-state index contributed by atoms with van der Waals surface area (Å²) in [5.74, 6) is 0.973. The maximum atomic E-state index is 6.04. The third-order valence-corrected chi connectivity index (χ3v) is 4.69. The number of nitrogens with zero attached hydrogens (tertiary/aromatic N) is 3. The lowest BCUT2D eigenvalue weighted by atomic mass is 9.73. The van der Waals surface area contributed by atoms with E-state index in [1.165, 1.54) is 6.42 Å². The summed E-state index contributed by atoms with van der Waals surface area (Å²) in [5.41, 5.74) is 1.07. The summed E-state index contributed by atoms with van der Waals surface area (Å²) in [7, 11) is 0. The Morgan fingerprint density at radius 2 is 2.33 bits per heavy atom. The van der Waals surface area contributed by atoms with Gasteiger partial charge in [-0.15, -0.1) is 5.10 Å². The molecule has 3 rings (SSSR count). The summed E-state index contributed by atoms with van der Waals surface area (Å²) >= 11 is 0. The Hall–Kier alpha value is -1.20. The average molecular weight is 291 g/mol. The molecule has 0 saturated carbocycles. The summed E-state index contributed by atoms with van der Waals surface area (Å²) in [6.07, 6.45) is 3.67. The van der Waals surface area contributed by atoms with Crippen molar-refractivity contribution in [1.29, 1.82) is 0 Å². The van der Waals surface area contributed by atoms with Crippen LogP contribution in [0.5, 0.6) is 0 Å². The zero-order valence-corrected chi connectivity index (χ0v) is 13.0. The van der Waals surface area contributed by atoms with E-state index in [1.807, 2.05) is 13.0 Å². The average Bonchev–Trinajstić information content (AvgIpc) is 2.53. The zero-order chi connectivity index (χ0) is 14.7. The van der Waals surface area contributed by atoms with Gasteiger partial charge in [0, 0.05) is 31.7 Å². The smallest absolute Gasteiger partial charge is 0.151 e. The van der Waals surface area contributed by atoms with Crippen LogP contribution >= 0.6 is 0 Å². The first-order chi connectivity index (χ1) is 10.2. The molecule has 0 unspecified atom stereocenters. The predicted octanol–water partition coefficient (Wildman–Crippen LogP) is 2.20. The van der Waals surface area contributed by atoms with E-state index in [2.05, 4.69) is 28.1 Å².